The van der Waals surface area contributed by atoms with Crippen LogP contribution in [0, 0.1) is 5.92 Å². The quantitative estimate of drug-likeness (QED) is 0.895. The first-order valence-electron chi connectivity index (χ1n) is 5.63. The van der Waals surface area contributed by atoms with Crippen molar-refractivity contribution in [3.8, 4) is 0 Å². The van der Waals surface area contributed by atoms with Gasteiger partial charge in [0.1, 0.15) is 0 Å². The van der Waals surface area contributed by atoms with Gasteiger partial charge < -0.3 is 10.6 Å². The Hall–Kier alpha value is -1.21. The molecular weight excluding hydrogens is 276 g/mol. The predicted octanol–water partition coefficient (Wildman–Crippen LogP) is 0.919. The fourth-order valence-electron chi connectivity index (χ4n) is 2.05. The highest BCUT2D eigenvalue weighted by Gasteiger charge is 2.26. The zero-order chi connectivity index (χ0) is 13.1. The van der Waals surface area contributed by atoms with E-state index in [0.717, 1.165) is 24.2 Å². The number of likely N-dealkylation sites (tertiary alicyclic amines) is 1. The van der Waals surface area contributed by atoms with E-state index < -0.39 is 0 Å². The van der Waals surface area contributed by atoms with Gasteiger partial charge in [-0.1, -0.05) is 11.3 Å². The third kappa shape index (κ3) is 3.17. The van der Waals surface area contributed by atoms with E-state index in [1.165, 1.54) is 0 Å². The number of hydrogen-bond donors (Lipinski definition) is 1. The Bertz CT molecular complexity index is 456. The number of halogens is 1. The van der Waals surface area contributed by atoms with Crippen molar-refractivity contribution in [2.24, 2.45) is 11.7 Å². The summed E-state index contributed by atoms with van der Waals surface area (Å²) in [5.74, 6) is -0.142. The van der Waals surface area contributed by atoms with Gasteiger partial charge in [0.25, 0.3) is 5.91 Å². The smallest absolute Gasteiger partial charge is 0.284 e. The number of amides is 2. The molecule has 1 fully saturated rings. The molecular formula is C10H13ClN4O2S. The second-order valence-corrected chi connectivity index (χ2v) is 5.83. The highest BCUT2D eigenvalue weighted by molar-refractivity contribution is 7.17. The number of nitrogens with two attached hydrogens (primary N) is 1. The second kappa shape index (κ2) is 5.62. The van der Waals surface area contributed by atoms with E-state index in [0.29, 0.717) is 24.5 Å². The van der Waals surface area contributed by atoms with Gasteiger partial charge in [0, 0.05) is 19.5 Å². The number of carbonyl (C=O) groups excluding carboxylic acids is 2. The lowest BCUT2D eigenvalue weighted by atomic mass is 9.93. The second-order valence-electron chi connectivity index (χ2n) is 4.27. The van der Waals surface area contributed by atoms with Gasteiger partial charge in [-0.25, -0.2) is 0 Å². The Morgan fingerprint density at radius 2 is 2.06 bits per heavy atom. The lowest BCUT2D eigenvalue weighted by Gasteiger charge is -2.30. The predicted molar refractivity (Wildman–Crippen MR) is 67.4 cm³/mol. The Balaban J connectivity index is 1.90. The van der Waals surface area contributed by atoms with Crippen molar-refractivity contribution >= 4 is 34.8 Å². The van der Waals surface area contributed by atoms with Crippen molar-refractivity contribution in [2.75, 3.05) is 13.1 Å². The monoisotopic (exact) mass is 288 g/mol. The van der Waals surface area contributed by atoms with Crippen LogP contribution in [0.1, 0.15) is 29.1 Å². The summed E-state index contributed by atoms with van der Waals surface area (Å²) in [4.78, 5) is 24.6. The van der Waals surface area contributed by atoms with Crippen molar-refractivity contribution in [3.05, 3.63) is 9.47 Å². The Kier molecular flexibility index (Phi) is 4.13. The molecule has 1 aliphatic heterocycles. The Morgan fingerprint density at radius 3 is 2.56 bits per heavy atom. The van der Waals surface area contributed by atoms with Crippen molar-refractivity contribution in [1.29, 1.82) is 0 Å². The van der Waals surface area contributed by atoms with Crippen molar-refractivity contribution < 1.29 is 9.59 Å². The SMILES string of the molecule is NC(=O)CC1CCN(C(=O)c2nnc(Cl)s2)CC1. The molecule has 0 radical (unpaired) electrons. The van der Waals surface area contributed by atoms with Gasteiger partial charge in [0.2, 0.25) is 15.4 Å². The summed E-state index contributed by atoms with van der Waals surface area (Å²) in [6.45, 7) is 1.24. The average Bonchev–Trinajstić information content (AvgIpc) is 2.75. The normalized spacial score (nSPS) is 16.8. The molecule has 1 aliphatic rings. The standard InChI is InChI=1S/C10H13ClN4O2S/c11-10-14-13-8(18-10)9(17)15-3-1-6(2-4-15)5-7(12)16/h6H,1-5H2,(H2,12,16). The zero-order valence-corrected chi connectivity index (χ0v) is 11.2. The van der Waals surface area contributed by atoms with E-state index in [1.807, 2.05) is 0 Å². The molecule has 18 heavy (non-hydrogen) atoms. The van der Waals surface area contributed by atoms with Crippen LogP contribution < -0.4 is 5.73 Å². The topological polar surface area (TPSA) is 89.2 Å². The first-order valence-corrected chi connectivity index (χ1v) is 6.82. The molecule has 0 aromatic carbocycles. The zero-order valence-electron chi connectivity index (χ0n) is 9.63. The lowest BCUT2D eigenvalue weighted by Crippen LogP contribution is -2.39. The molecule has 8 heteroatoms. The first-order chi connectivity index (χ1) is 8.56. The summed E-state index contributed by atoms with van der Waals surface area (Å²) in [6.07, 6.45) is 1.98. The van der Waals surface area contributed by atoms with Crippen LogP contribution in [-0.4, -0.2) is 40.0 Å². The number of piperidine rings is 1. The summed E-state index contributed by atoms with van der Waals surface area (Å²) in [5, 5.41) is 7.65. The fourth-order valence-corrected chi connectivity index (χ4v) is 2.85. The molecule has 0 aliphatic carbocycles. The third-order valence-corrected chi connectivity index (χ3v) is 3.98. The van der Waals surface area contributed by atoms with E-state index in [9.17, 15) is 9.59 Å². The maximum Gasteiger partial charge on any atom is 0.284 e. The first kappa shape index (κ1) is 13.2. The largest absolute Gasteiger partial charge is 0.370 e. The molecule has 6 nitrogen and oxygen atoms in total. The molecule has 1 aromatic rings. The van der Waals surface area contributed by atoms with Crippen molar-refractivity contribution in [2.45, 2.75) is 19.3 Å². The van der Waals surface area contributed by atoms with Crippen LogP contribution >= 0.6 is 22.9 Å². The van der Waals surface area contributed by atoms with Crippen LogP contribution in [-0.2, 0) is 4.79 Å². The molecule has 2 N–H and O–H groups in total. The summed E-state index contributed by atoms with van der Waals surface area (Å²) in [5.41, 5.74) is 5.16. The van der Waals surface area contributed by atoms with E-state index in [-0.39, 0.29) is 22.2 Å². The summed E-state index contributed by atoms with van der Waals surface area (Å²) in [7, 11) is 0. The summed E-state index contributed by atoms with van der Waals surface area (Å²) in [6, 6.07) is 0. The van der Waals surface area contributed by atoms with E-state index >= 15 is 0 Å². The number of primary amides is 1. The van der Waals surface area contributed by atoms with Gasteiger partial charge in [-0.3, -0.25) is 9.59 Å². The summed E-state index contributed by atoms with van der Waals surface area (Å²) >= 11 is 6.73. The molecule has 1 saturated heterocycles. The number of rotatable bonds is 3. The average molecular weight is 289 g/mol. The molecule has 0 unspecified atom stereocenters. The van der Waals surface area contributed by atoms with Crippen LogP contribution in [0.4, 0.5) is 0 Å². The van der Waals surface area contributed by atoms with Crippen LogP contribution in [0.15, 0.2) is 0 Å². The minimum absolute atomic E-state index is 0.142. The minimum Gasteiger partial charge on any atom is -0.370 e. The number of hydrogen-bond acceptors (Lipinski definition) is 5. The lowest BCUT2D eigenvalue weighted by molar-refractivity contribution is -0.119. The third-order valence-electron chi connectivity index (χ3n) is 2.97. The van der Waals surface area contributed by atoms with Gasteiger partial charge in [-0.2, -0.15) is 0 Å². The molecule has 2 amide bonds. The molecule has 2 rings (SSSR count). The molecule has 0 saturated carbocycles. The Morgan fingerprint density at radius 1 is 1.39 bits per heavy atom. The van der Waals surface area contributed by atoms with Crippen LogP contribution in [0.5, 0.6) is 0 Å². The molecule has 2 heterocycles. The Labute approximate surface area is 113 Å². The minimum atomic E-state index is -0.282. The van der Waals surface area contributed by atoms with Crippen molar-refractivity contribution in [1.82, 2.24) is 15.1 Å². The van der Waals surface area contributed by atoms with Crippen LogP contribution in [0.3, 0.4) is 0 Å². The van der Waals surface area contributed by atoms with Crippen LogP contribution in [0.25, 0.3) is 0 Å². The molecule has 98 valence electrons. The number of nitrogens with zero attached hydrogens (tertiary/aromatic N) is 3. The maximum atomic E-state index is 12.0. The van der Waals surface area contributed by atoms with Crippen molar-refractivity contribution in [3.63, 3.8) is 0 Å². The van der Waals surface area contributed by atoms with Gasteiger partial charge >= 0.3 is 0 Å². The fraction of sp³-hybridized carbons (Fsp3) is 0.600. The molecule has 0 atom stereocenters. The van der Waals surface area contributed by atoms with Crippen LogP contribution in [0.2, 0.25) is 4.47 Å². The van der Waals surface area contributed by atoms with E-state index in [1.54, 1.807) is 4.90 Å². The summed E-state index contributed by atoms with van der Waals surface area (Å²) < 4.78 is 0.266. The van der Waals surface area contributed by atoms with Gasteiger partial charge in [-0.05, 0) is 30.4 Å². The maximum absolute atomic E-state index is 12.0. The van der Waals surface area contributed by atoms with Gasteiger partial charge in [-0.15, -0.1) is 10.2 Å². The highest BCUT2D eigenvalue weighted by atomic mass is 35.5. The molecule has 0 bridgehead atoms. The highest BCUT2D eigenvalue weighted by Crippen LogP contribution is 2.23. The molecule has 1 aromatic heterocycles. The van der Waals surface area contributed by atoms with Gasteiger partial charge in [0.05, 0.1) is 0 Å². The number of carbonyl (C=O) groups is 2. The van der Waals surface area contributed by atoms with Gasteiger partial charge in [0.15, 0.2) is 0 Å². The van der Waals surface area contributed by atoms with E-state index in [2.05, 4.69) is 10.2 Å². The number of aromatic nitrogens is 2. The molecule has 0 spiro atoms. The van der Waals surface area contributed by atoms with E-state index in [4.69, 9.17) is 17.3 Å².